The van der Waals surface area contributed by atoms with Gasteiger partial charge in [-0.2, -0.15) is 0 Å². The second-order valence-corrected chi connectivity index (χ2v) is 7.69. The molecule has 3 atom stereocenters. The molecule has 0 radical (unpaired) electrons. The monoisotopic (exact) mass is 457 g/mol. The molecule has 0 unspecified atom stereocenters. The van der Waals surface area contributed by atoms with Crippen molar-refractivity contribution in [2.24, 2.45) is 17.0 Å². The zero-order valence-corrected chi connectivity index (χ0v) is 19.2. The van der Waals surface area contributed by atoms with Crippen LogP contribution in [0.3, 0.4) is 0 Å². The lowest BCUT2D eigenvalue weighted by atomic mass is 9.66. The van der Waals surface area contributed by atoms with Crippen molar-refractivity contribution in [1.82, 2.24) is 0 Å². The van der Waals surface area contributed by atoms with Gasteiger partial charge in [-0.3, -0.25) is 4.79 Å². The minimum atomic E-state index is -0.579. The molecule has 0 aromatic heterocycles. The molecule has 1 heterocycles. The topological polar surface area (TPSA) is 94.0 Å². The molecule has 2 aromatic rings. The van der Waals surface area contributed by atoms with Gasteiger partial charge in [0.15, 0.2) is 23.0 Å². The van der Waals surface area contributed by atoms with E-state index >= 15 is 0 Å². The number of hydrogen-bond donors (Lipinski definition) is 0. The van der Waals surface area contributed by atoms with Gasteiger partial charge in [-0.15, -0.1) is 0 Å². The normalized spacial score (nSPS) is 20.8. The zero-order chi connectivity index (χ0) is 23.5. The summed E-state index contributed by atoms with van der Waals surface area (Å²) in [4.78, 5) is 18.1. The molecule has 0 saturated heterocycles. The predicted octanol–water partition coefficient (Wildman–Crippen LogP) is 3.17. The predicted molar refractivity (Wildman–Crippen MR) is 119 cm³/mol. The number of rotatable bonds is 7. The van der Waals surface area contributed by atoms with Crippen LogP contribution in [0.5, 0.6) is 28.7 Å². The minimum Gasteiger partial charge on any atom is -0.493 e. The van der Waals surface area contributed by atoms with Crippen molar-refractivity contribution >= 4 is 12.2 Å². The number of carbonyl (C=O) groups excluding carboxylic acids is 1. The summed E-state index contributed by atoms with van der Waals surface area (Å²) < 4.78 is 33.1. The molecule has 0 saturated carbocycles. The van der Waals surface area contributed by atoms with E-state index in [0.717, 1.165) is 16.7 Å². The summed E-state index contributed by atoms with van der Waals surface area (Å²) in [5, 5.41) is 3.97. The van der Waals surface area contributed by atoms with Gasteiger partial charge in [-0.25, -0.2) is 0 Å². The first kappa shape index (κ1) is 22.6. The lowest BCUT2D eigenvalue weighted by Crippen LogP contribution is -2.37. The smallest absolute Gasteiger partial charge is 0.310 e. The Hall–Kier alpha value is -3.62. The SMILES string of the molecule is CON=C[C@@H]1Cc2cc3c(cc2[C@@H](c2cc(OC)c(OC)c(OC)c2)[C@@H]1C(=O)OC)OCO3. The van der Waals surface area contributed by atoms with Crippen molar-refractivity contribution in [2.75, 3.05) is 42.3 Å². The Morgan fingerprint density at radius 3 is 2.21 bits per heavy atom. The highest BCUT2D eigenvalue weighted by Crippen LogP contribution is 2.50. The molecule has 0 spiro atoms. The number of ether oxygens (including phenoxy) is 6. The van der Waals surface area contributed by atoms with Crippen molar-refractivity contribution in [2.45, 2.75) is 12.3 Å². The standard InChI is InChI=1S/C24H27NO8/c1-27-19-8-14(9-20(28-2)23(19)29-3)21-16-10-18-17(32-12-33-18)7-13(16)6-15(11-25-31-5)22(21)24(26)30-4/h7-11,15,21-22H,6,12H2,1-5H3/t15-,21+,22+/m0/s1. The molecule has 0 bridgehead atoms. The van der Waals surface area contributed by atoms with E-state index in [9.17, 15) is 4.79 Å². The van der Waals surface area contributed by atoms with E-state index in [0.29, 0.717) is 35.2 Å². The van der Waals surface area contributed by atoms with E-state index in [1.165, 1.54) is 14.2 Å². The van der Waals surface area contributed by atoms with Crippen LogP contribution in [-0.2, 0) is 20.8 Å². The molecule has 1 aliphatic carbocycles. The van der Waals surface area contributed by atoms with E-state index in [1.54, 1.807) is 27.5 Å². The van der Waals surface area contributed by atoms with Gasteiger partial charge in [0.25, 0.3) is 0 Å². The van der Waals surface area contributed by atoms with Gasteiger partial charge < -0.3 is 33.3 Å². The summed E-state index contributed by atoms with van der Waals surface area (Å²) in [7, 11) is 7.51. The molecule has 33 heavy (non-hydrogen) atoms. The second-order valence-electron chi connectivity index (χ2n) is 7.69. The van der Waals surface area contributed by atoms with E-state index < -0.39 is 11.8 Å². The number of oxime groups is 1. The number of esters is 1. The molecular weight excluding hydrogens is 430 g/mol. The van der Waals surface area contributed by atoms with Crippen molar-refractivity contribution in [3.8, 4) is 28.7 Å². The molecule has 2 aromatic carbocycles. The Kier molecular flexibility index (Phi) is 6.48. The number of fused-ring (bicyclic) bond motifs is 2. The summed E-state index contributed by atoms with van der Waals surface area (Å²) >= 11 is 0. The Balaban J connectivity index is 1.96. The van der Waals surface area contributed by atoms with Gasteiger partial charge in [-0.1, -0.05) is 5.16 Å². The number of methoxy groups -OCH3 is 4. The van der Waals surface area contributed by atoms with Crippen LogP contribution in [0.4, 0.5) is 0 Å². The number of nitrogens with zero attached hydrogens (tertiary/aromatic N) is 1. The highest BCUT2D eigenvalue weighted by Gasteiger charge is 2.44. The van der Waals surface area contributed by atoms with Crippen molar-refractivity contribution in [3.63, 3.8) is 0 Å². The van der Waals surface area contributed by atoms with Crippen molar-refractivity contribution < 1.29 is 38.1 Å². The second kappa shape index (κ2) is 9.48. The molecule has 0 N–H and O–H groups in total. The van der Waals surface area contributed by atoms with E-state index in [-0.39, 0.29) is 18.7 Å². The fourth-order valence-electron chi connectivity index (χ4n) is 4.69. The van der Waals surface area contributed by atoms with Gasteiger partial charge >= 0.3 is 5.97 Å². The molecule has 176 valence electrons. The minimum absolute atomic E-state index is 0.155. The van der Waals surface area contributed by atoms with Crippen LogP contribution < -0.4 is 23.7 Å². The maximum atomic E-state index is 13.1. The van der Waals surface area contributed by atoms with Gasteiger partial charge in [0.1, 0.15) is 7.11 Å². The molecule has 0 fully saturated rings. The summed E-state index contributed by atoms with van der Waals surface area (Å²) in [5.74, 6) is 1.14. The van der Waals surface area contributed by atoms with Gasteiger partial charge in [0.2, 0.25) is 12.5 Å². The molecular formula is C24H27NO8. The average Bonchev–Trinajstić information content (AvgIpc) is 3.30. The Labute approximate surface area is 192 Å². The highest BCUT2D eigenvalue weighted by molar-refractivity contribution is 5.81. The third-order valence-electron chi connectivity index (χ3n) is 6.12. The van der Waals surface area contributed by atoms with Crippen LogP contribution in [-0.4, -0.2) is 54.5 Å². The van der Waals surface area contributed by atoms with E-state index in [4.69, 9.17) is 33.3 Å². The number of hydrogen-bond acceptors (Lipinski definition) is 9. The first-order valence-corrected chi connectivity index (χ1v) is 10.4. The van der Waals surface area contributed by atoms with Crippen LogP contribution in [0, 0.1) is 11.8 Å². The van der Waals surface area contributed by atoms with Crippen LogP contribution in [0.25, 0.3) is 0 Å². The third kappa shape index (κ3) is 3.99. The van der Waals surface area contributed by atoms with Crippen LogP contribution in [0.1, 0.15) is 22.6 Å². The van der Waals surface area contributed by atoms with Gasteiger partial charge in [-0.05, 0) is 47.4 Å². The molecule has 0 amide bonds. The van der Waals surface area contributed by atoms with E-state index in [2.05, 4.69) is 5.16 Å². The Morgan fingerprint density at radius 2 is 1.64 bits per heavy atom. The Bertz CT molecular complexity index is 1040. The quantitative estimate of drug-likeness (QED) is 0.356. The summed E-state index contributed by atoms with van der Waals surface area (Å²) in [5.41, 5.74) is 2.76. The van der Waals surface area contributed by atoms with Crippen molar-refractivity contribution in [1.29, 1.82) is 0 Å². The van der Waals surface area contributed by atoms with Crippen molar-refractivity contribution in [3.05, 3.63) is 41.0 Å². The third-order valence-corrected chi connectivity index (χ3v) is 6.12. The van der Waals surface area contributed by atoms with Gasteiger partial charge in [0, 0.05) is 18.1 Å². The molecule has 2 aliphatic rings. The van der Waals surface area contributed by atoms with E-state index in [1.807, 2.05) is 24.3 Å². The average molecular weight is 457 g/mol. The van der Waals surface area contributed by atoms with Gasteiger partial charge in [0.05, 0.1) is 34.4 Å². The maximum Gasteiger partial charge on any atom is 0.310 e. The first-order chi connectivity index (χ1) is 16.1. The van der Waals surface area contributed by atoms with Crippen LogP contribution in [0.15, 0.2) is 29.4 Å². The largest absolute Gasteiger partial charge is 0.493 e. The van der Waals surface area contributed by atoms with Crippen LogP contribution in [0.2, 0.25) is 0 Å². The molecule has 9 nitrogen and oxygen atoms in total. The number of benzene rings is 2. The maximum absolute atomic E-state index is 13.1. The number of carbonyl (C=O) groups is 1. The fraction of sp³-hybridized carbons (Fsp3) is 0.417. The summed E-state index contributed by atoms with van der Waals surface area (Å²) in [6, 6.07) is 7.60. The fourth-order valence-corrected chi connectivity index (χ4v) is 4.69. The lowest BCUT2D eigenvalue weighted by Gasteiger charge is -2.37. The summed E-state index contributed by atoms with van der Waals surface area (Å²) in [6.07, 6.45) is 2.21. The summed E-state index contributed by atoms with van der Waals surface area (Å²) in [6.45, 7) is 0.155. The zero-order valence-electron chi connectivity index (χ0n) is 19.2. The first-order valence-electron chi connectivity index (χ1n) is 10.4. The Morgan fingerprint density at radius 1 is 0.970 bits per heavy atom. The molecule has 4 rings (SSSR count). The molecule has 9 heteroatoms. The molecule has 1 aliphatic heterocycles. The van der Waals surface area contributed by atoms with Crippen LogP contribution >= 0.6 is 0 Å². The highest BCUT2D eigenvalue weighted by atomic mass is 16.7. The lowest BCUT2D eigenvalue weighted by molar-refractivity contribution is -0.147.